The molecule has 0 aromatic heterocycles. The molecule has 0 bridgehead atoms. The topological polar surface area (TPSA) is 84.9 Å². The van der Waals surface area contributed by atoms with Crippen molar-refractivity contribution in [3.05, 3.63) is 91.0 Å². The van der Waals surface area contributed by atoms with Gasteiger partial charge in [-0.3, -0.25) is 14.9 Å². The summed E-state index contributed by atoms with van der Waals surface area (Å²) in [6.07, 6.45) is 1.39. The van der Waals surface area contributed by atoms with Crippen molar-refractivity contribution in [1.29, 1.82) is 0 Å². The molecule has 1 aliphatic rings. The van der Waals surface area contributed by atoms with Gasteiger partial charge in [0.1, 0.15) is 12.2 Å². The van der Waals surface area contributed by atoms with E-state index in [0.29, 0.717) is 29.4 Å². The maximum absolute atomic E-state index is 13.3. The molecule has 37 heavy (non-hydrogen) atoms. The summed E-state index contributed by atoms with van der Waals surface area (Å²) in [6.45, 7) is 6.19. The molecule has 3 aromatic rings. The number of barbiturate groups is 1. The second-order valence-electron chi connectivity index (χ2n) is 8.48. The Kier molecular flexibility index (Phi) is 8.19. The molecule has 1 aliphatic heterocycles. The number of halogens is 2. The van der Waals surface area contributed by atoms with Gasteiger partial charge in [0.2, 0.25) is 0 Å². The molecule has 4 rings (SSSR count). The lowest BCUT2D eigenvalue weighted by atomic mass is 10.0. The Morgan fingerprint density at radius 3 is 2.30 bits per heavy atom. The van der Waals surface area contributed by atoms with E-state index in [1.807, 2.05) is 51.1 Å². The van der Waals surface area contributed by atoms with Crippen LogP contribution >= 0.6 is 34.2 Å². The standard InChI is InChI=1S/C28H24ClIN2O5/c1-4-36-24-14-19(13-23(29)25(24)37-15-18-5-7-20(30)8-6-18)12-22-26(33)31-28(35)32(27(22)34)21-10-16(2)9-17(3)11-21/h5-14H,4,15H2,1-3H3,(H,31,33,35)/b22-12+. The van der Waals surface area contributed by atoms with Crippen molar-refractivity contribution in [2.75, 3.05) is 11.5 Å². The van der Waals surface area contributed by atoms with Gasteiger partial charge in [-0.25, -0.2) is 9.69 Å². The number of hydrogen-bond acceptors (Lipinski definition) is 5. The minimum absolute atomic E-state index is 0.204. The smallest absolute Gasteiger partial charge is 0.335 e. The number of benzene rings is 3. The number of urea groups is 1. The van der Waals surface area contributed by atoms with E-state index >= 15 is 0 Å². The van der Waals surface area contributed by atoms with E-state index in [4.69, 9.17) is 21.1 Å². The number of ether oxygens (including phenoxy) is 2. The highest BCUT2D eigenvalue weighted by molar-refractivity contribution is 14.1. The van der Waals surface area contributed by atoms with E-state index in [0.717, 1.165) is 25.2 Å². The lowest BCUT2D eigenvalue weighted by Gasteiger charge is -2.27. The van der Waals surface area contributed by atoms with Crippen LogP contribution in [0.15, 0.2) is 60.2 Å². The predicted molar refractivity (Wildman–Crippen MR) is 151 cm³/mol. The number of amides is 4. The number of nitrogens with one attached hydrogen (secondary N) is 1. The van der Waals surface area contributed by atoms with Crippen LogP contribution in [0.25, 0.3) is 6.08 Å². The van der Waals surface area contributed by atoms with Gasteiger partial charge in [-0.05, 0) is 108 Å². The van der Waals surface area contributed by atoms with Gasteiger partial charge in [-0.15, -0.1) is 0 Å². The summed E-state index contributed by atoms with van der Waals surface area (Å²) >= 11 is 8.78. The van der Waals surface area contributed by atoms with Crippen molar-refractivity contribution in [2.24, 2.45) is 0 Å². The molecule has 190 valence electrons. The molecule has 1 heterocycles. The molecule has 0 unspecified atom stereocenters. The molecule has 7 nitrogen and oxygen atoms in total. The number of carbonyl (C=O) groups is 3. The van der Waals surface area contributed by atoms with Gasteiger partial charge in [-0.1, -0.05) is 29.8 Å². The number of carbonyl (C=O) groups excluding carboxylic acids is 3. The monoisotopic (exact) mass is 630 g/mol. The molecular formula is C28H24ClIN2O5. The van der Waals surface area contributed by atoms with Crippen LogP contribution in [0.2, 0.25) is 5.02 Å². The quantitative estimate of drug-likeness (QED) is 0.191. The third kappa shape index (κ3) is 6.14. The maximum atomic E-state index is 13.3. The highest BCUT2D eigenvalue weighted by atomic mass is 127. The van der Waals surface area contributed by atoms with Crippen molar-refractivity contribution in [3.63, 3.8) is 0 Å². The van der Waals surface area contributed by atoms with E-state index in [1.54, 1.807) is 24.3 Å². The summed E-state index contributed by atoms with van der Waals surface area (Å²) < 4.78 is 12.8. The number of imide groups is 2. The molecule has 0 aliphatic carbocycles. The first-order valence-corrected chi connectivity index (χ1v) is 12.9. The fourth-order valence-electron chi connectivity index (χ4n) is 3.95. The van der Waals surface area contributed by atoms with Crippen LogP contribution in [-0.4, -0.2) is 24.5 Å². The third-order valence-corrected chi connectivity index (χ3v) is 6.51. The molecule has 0 radical (unpaired) electrons. The zero-order valence-electron chi connectivity index (χ0n) is 20.4. The summed E-state index contributed by atoms with van der Waals surface area (Å²) in [5, 5.41) is 2.50. The van der Waals surface area contributed by atoms with Crippen LogP contribution in [0.4, 0.5) is 10.5 Å². The molecule has 9 heteroatoms. The van der Waals surface area contributed by atoms with Gasteiger partial charge in [-0.2, -0.15) is 0 Å². The van der Waals surface area contributed by atoms with Gasteiger partial charge >= 0.3 is 6.03 Å². The van der Waals surface area contributed by atoms with Gasteiger partial charge in [0.05, 0.1) is 17.3 Å². The Bertz CT molecular complexity index is 1400. The first-order chi connectivity index (χ1) is 17.7. The van der Waals surface area contributed by atoms with E-state index < -0.39 is 17.8 Å². The largest absolute Gasteiger partial charge is 0.490 e. The van der Waals surface area contributed by atoms with Gasteiger partial charge in [0.25, 0.3) is 11.8 Å². The van der Waals surface area contributed by atoms with Crippen molar-refractivity contribution in [1.82, 2.24) is 5.32 Å². The van der Waals surface area contributed by atoms with Crippen LogP contribution in [0.5, 0.6) is 11.5 Å². The Balaban J connectivity index is 1.67. The Hall–Kier alpha value is -3.37. The summed E-state index contributed by atoms with van der Waals surface area (Å²) in [6, 6.07) is 15.7. The summed E-state index contributed by atoms with van der Waals surface area (Å²) in [7, 11) is 0. The number of anilines is 1. The van der Waals surface area contributed by atoms with E-state index in [9.17, 15) is 14.4 Å². The molecular weight excluding hydrogens is 607 g/mol. The second-order valence-corrected chi connectivity index (χ2v) is 10.1. The minimum atomic E-state index is -0.801. The van der Waals surface area contributed by atoms with Crippen LogP contribution in [0.3, 0.4) is 0 Å². The molecule has 1 fully saturated rings. The summed E-state index contributed by atoms with van der Waals surface area (Å²) in [5.74, 6) is -0.787. The molecule has 0 spiro atoms. The van der Waals surface area contributed by atoms with Crippen LogP contribution < -0.4 is 19.7 Å². The van der Waals surface area contributed by atoms with Gasteiger partial charge in [0.15, 0.2) is 11.5 Å². The van der Waals surface area contributed by atoms with Crippen molar-refractivity contribution in [2.45, 2.75) is 27.4 Å². The highest BCUT2D eigenvalue weighted by Crippen LogP contribution is 2.38. The number of rotatable bonds is 7. The van der Waals surface area contributed by atoms with E-state index in [2.05, 4.69) is 27.9 Å². The van der Waals surface area contributed by atoms with E-state index in [1.165, 1.54) is 6.08 Å². The van der Waals surface area contributed by atoms with Crippen molar-refractivity contribution in [3.8, 4) is 11.5 Å². The van der Waals surface area contributed by atoms with Gasteiger partial charge in [0, 0.05) is 3.57 Å². The lowest BCUT2D eigenvalue weighted by Crippen LogP contribution is -2.54. The SMILES string of the molecule is CCOc1cc(/C=C2\C(=O)NC(=O)N(c3cc(C)cc(C)c3)C2=O)cc(Cl)c1OCc1ccc(I)cc1. The van der Waals surface area contributed by atoms with Gasteiger partial charge < -0.3 is 9.47 Å². The predicted octanol–water partition coefficient (Wildman–Crippen LogP) is 6.21. The Labute approximate surface area is 233 Å². The maximum Gasteiger partial charge on any atom is 0.335 e. The zero-order chi connectivity index (χ0) is 26.7. The molecule has 1 saturated heterocycles. The highest BCUT2D eigenvalue weighted by Gasteiger charge is 2.37. The van der Waals surface area contributed by atoms with E-state index in [-0.39, 0.29) is 17.2 Å². The Morgan fingerprint density at radius 1 is 0.973 bits per heavy atom. The second kappa shape index (κ2) is 11.4. The molecule has 0 atom stereocenters. The number of aryl methyl sites for hydroxylation is 2. The fraction of sp³-hybridized carbons (Fsp3) is 0.179. The third-order valence-electron chi connectivity index (χ3n) is 5.51. The fourth-order valence-corrected chi connectivity index (χ4v) is 4.58. The average molecular weight is 631 g/mol. The Morgan fingerprint density at radius 2 is 1.65 bits per heavy atom. The minimum Gasteiger partial charge on any atom is -0.490 e. The van der Waals surface area contributed by atoms with Crippen LogP contribution in [-0.2, 0) is 16.2 Å². The van der Waals surface area contributed by atoms with Crippen molar-refractivity contribution >= 4 is 63.8 Å². The summed E-state index contributed by atoms with van der Waals surface area (Å²) in [4.78, 5) is 39.5. The molecule has 1 N–H and O–H groups in total. The number of nitrogens with zero attached hydrogens (tertiary/aromatic N) is 1. The molecule has 3 aromatic carbocycles. The summed E-state index contributed by atoms with van der Waals surface area (Å²) in [5.41, 5.74) is 3.35. The first-order valence-electron chi connectivity index (χ1n) is 11.5. The normalized spacial score (nSPS) is 14.7. The average Bonchev–Trinajstić information content (AvgIpc) is 2.82. The molecule has 4 amide bonds. The lowest BCUT2D eigenvalue weighted by molar-refractivity contribution is -0.122. The van der Waals surface area contributed by atoms with Crippen molar-refractivity contribution < 1.29 is 23.9 Å². The first kappa shape index (κ1) is 26.7. The molecule has 0 saturated carbocycles. The van der Waals surface area contributed by atoms with Crippen LogP contribution in [0, 0.1) is 17.4 Å². The van der Waals surface area contributed by atoms with Crippen LogP contribution in [0.1, 0.15) is 29.2 Å². The zero-order valence-corrected chi connectivity index (χ0v) is 23.3. The number of hydrogen-bond donors (Lipinski definition) is 1.